The Kier molecular flexibility index (Phi) is 4.93. The van der Waals surface area contributed by atoms with Crippen molar-refractivity contribution in [3.8, 4) is 0 Å². The Morgan fingerprint density at radius 1 is 1.25 bits per heavy atom. The van der Waals surface area contributed by atoms with Gasteiger partial charge in [-0.1, -0.05) is 30.3 Å². The molecule has 1 N–H and O–H groups in total. The number of hydrogen-bond donors (Lipinski definition) is 1. The van der Waals surface area contributed by atoms with Crippen LogP contribution < -0.4 is 5.48 Å². The molecule has 108 valence electrons. The van der Waals surface area contributed by atoms with Crippen LogP contribution in [0.2, 0.25) is 0 Å². The van der Waals surface area contributed by atoms with Gasteiger partial charge in [-0.05, 0) is 33.3 Å². The summed E-state index contributed by atoms with van der Waals surface area (Å²) in [4.78, 5) is 5.60. The first-order valence-corrected chi connectivity index (χ1v) is 7.08. The molecule has 0 saturated carbocycles. The fourth-order valence-corrected chi connectivity index (χ4v) is 2.53. The smallest absolute Gasteiger partial charge is 0.0933 e. The van der Waals surface area contributed by atoms with Crippen LogP contribution in [-0.2, 0) is 18.0 Å². The standard InChI is InChI=1S/C16H23N3O/c1-5-19-14(4)16(12(2)17-19)13(3)18-20-11-15-9-7-6-8-10-15/h6-10,13,18H,5,11H2,1-4H3. The Morgan fingerprint density at radius 3 is 2.55 bits per heavy atom. The zero-order valence-corrected chi connectivity index (χ0v) is 12.7. The minimum Gasteiger partial charge on any atom is -0.296 e. The molecule has 2 rings (SSSR count). The van der Waals surface area contributed by atoms with Crippen LogP contribution in [0.15, 0.2) is 30.3 Å². The highest BCUT2D eigenvalue weighted by molar-refractivity contribution is 5.27. The van der Waals surface area contributed by atoms with E-state index in [-0.39, 0.29) is 6.04 Å². The largest absolute Gasteiger partial charge is 0.296 e. The molecule has 4 nitrogen and oxygen atoms in total. The second kappa shape index (κ2) is 6.68. The van der Waals surface area contributed by atoms with Crippen LogP contribution in [0, 0.1) is 13.8 Å². The fourth-order valence-electron chi connectivity index (χ4n) is 2.53. The topological polar surface area (TPSA) is 39.1 Å². The predicted octanol–water partition coefficient (Wildman–Crippen LogP) is 3.30. The van der Waals surface area contributed by atoms with Crippen LogP contribution in [0.1, 0.15) is 42.4 Å². The minimum absolute atomic E-state index is 0.124. The molecule has 4 heteroatoms. The summed E-state index contributed by atoms with van der Waals surface area (Å²) < 4.78 is 2.03. The van der Waals surface area contributed by atoms with E-state index in [2.05, 4.69) is 43.5 Å². The van der Waals surface area contributed by atoms with Gasteiger partial charge in [0.15, 0.2) is 0 Å². The second-order valence-electron chi connectivity index (χ2n) is 5.01. The van der Waals surface area contributed by atoms with E-state index in [0.717, 1.165) is 17.8 Å². The molecule has 1 unspecified atom stereocenters. The number of aromatic nitrogens is 2. The summed E-state index contributed by atoms with van der Waals surface area (Å²) in [6.07, 6.45) is 0. The van der Waals surface area contributed by atoms with E-state index in [1.54, 1.807) is 0 Å². The lowest BCUT2D eigenvalue weighted by molar-refractivity contribution is 0.00671. The summed E-state index contributed by atoms with van der Waals surface area (Å²) in [5.41, 5.74) is 7.76. The molecule has 1 atom stereocenters. The third kappa shape index (κ3) is 3.26. The van der Waals surface area contributed by atoms with Gasteiger partial charge in [0, 0.05) is 17.8 Å². The van der Waals surface area contributed by atoms with Gasteiger partial charge in [0.25, 0.3) is 0 Å². The summed E-state index contributed by atoms with van der Waals surface area (Å²) in [5.74, 6) is 0. The van der Waals surface area contributed by atoms with E-state index < -0.39 is 0 Å². The number of aryl methyl sites for hydroxylation is 2. The molecule has 0 aliphatic rings. The zero-order valence-electron chi connectivity index (χ0n) is 12.7. The average molecular weight is 273 g/mol. The lowest BCUT2D eigenvalue weighted by Crippen LogP contribution is -2.20. The zero-order chi connectivity index (χ0) is 14.5. The maximum absolute atomic E-state index is 5.60. The van der Waals surface area contributed by atoms with Gasteiger partial charge in [-0.25, -0.2) is 0 Å². The van der Waals surface area contributed by atoms with E-state index in [0.29, 0.717) is 6.61 Å². The molecule has 20 heavy (non-hydrogen) atoms. The Hall–Kier alpha value is -1.65. The quantitative estimate of drug-likeness (QED) is 0.821. The van der Waals surface area contributed by atoms with Crippen LogP contribution in [0.5, 0.6) is 0 Å². The summed E-state index contributed by atoms with van der Waals surface area (Å²) in [6.45, 7) is 9.81. The van der Waals surface area contributed by atoms with E-state index in [9.17, 15) is 0 Å². The maximum Gasteiger partial charge on any atom is 0.0933 e. The summed E-state index contributed by atoms with van der Waals surface area (Å²) >= 11 is 0. The van der Waals surface area contributed by atoms with Crippen molar-refractivity contribution >= 4 is 0 Å². The molecule has 0 saturated heterocycles. The number of hydrogen-bond acceptors (Lipinski definition) is 3. The molecule has 1 heterocycles. The van der Waals surface area contributed by atoms with Gasteiger partial charge in [-0.3, -0.25) is 9.52 Å². The number of rotatable bonds is 6. The molecule has 0 fully saturated rings. The van der Waals surface area contributed by atoms with Gasteiger partial charge in [-0.15, -0.1) is 0 Å². The Bertz CT molecular complexity index is 548. The molecule has 0 bridgehead atoms. The Balaban J connectivity index is 1.95. The fraction of sp³-hybridized carbons (Fsp3) is 0.438. The second-order valence-corrected chi connectivity index (χ2v) is 5.01. The van der Waals surface area contributed by atoms with E-state index >= 15 is 0 Å². The van der Waals surface area contributed by atoms with Gasteiger partial charge in [0.1, 0.15) is 0 Å². The van der Waals surface area contributed by atoms with Gasteiger partial charge in [0.2, 0.25) is 0 Å². The molecule has 1 aromatic carbocycles. The average Bonchev–Trinajstić information content (AvgIpc) is 2.74. The lowest BCUT2D eigenvalue weighted by Gasteiger charge is -2.15. The molecular weight excluding hydrogens is 250 g/mol. The van der Waals surface area contributed by atoms with Crippen molar-refractivity contribution in [2.75, 3.05) is 0 Å². The number of benzene rings is 1. The molecule has 0 aliphatic heterocycles. The highest BCUT2D eigenvalue weighted by Gasteiger charge is 2.16. The van der Waals surface area contributed by atoms with Crippen LogP contribution in [0.3, 0.4) is 0 Å². The van der Waals surface area contributed by atoms with E-state index in [4.69, 9.17) is 4.84 Å². The number of nitrogens with zero attached hydrogens (tertiary/aromatic N) is 2. The highest BCUT2D eigenvalue weighted by atomic mass is 16.6. The van der Waals surface area contributed by atoms with Gasteiger partial charge in [-0.2, -0.15) is 10.6 Å². The molecular formula is C16H23N3O. The Labute approximate surface area is 120 Å². The summed E-state index contributed by atoms with van der Waals surface area (Å²) in [7, 11) is 0. The van der Waals surface area contributed by atoms with Crippen LogP contribution in [0.25, 0.3) is 0 Å². The SMILES string of the molecule is CCn1nc(C)c(C(C)NOCc2ccccc2)c1C. The first-order chi connectivity index (χ1) is 9.63. The van der Waals surface area contributed by atoms with E-state index in [1.807, 2.05) is 29.8 Å². The molecule has 2 aromatic rings. The van der Waals surface area contributed by atoms with Crippen molar-refractivity contribution in [2.45, 2.75) is 46.9 Å². The molecule has 0 aliphatic carbocycles. The number of nitrogens with one attached hydrogen (secondary N) is 1. The molecule has 0 spiro atoms. The third-order valence-electron chi connectivity index (χ3n) is 3.51. The van der Waals surface area contributed by atoms with Gasteiger partial charge >= 0.3 is 0 Å². The lowest BCUT2D eigenvalue weighted by atomic mass is 10.1. The van der Waals surface area contributed by atoms with Crippen LogP contribution in [-0.4, -0.2) is 9.78 Å². The molecule has 0 radical (unpaired) electrons. The van der Waals surface area contributed by atoms with Crippen molar-refractivity contribution in [2.24, 2.45) is 0 Å². The summed E-state index contributed by atoms with van der Waals surface area (Å²) in [6, 6.07) is 10.3. The molecule has 0 amide bonds. The monoisotopic (exact) mass is 273 g/mol. The van der Waals surface area contributed by atoms with Gasteiger partial charge < -0.3 is 0 Å². The van der Waals surface area contributed by atoms with Crippen molar-refractivity contribution in [3.05, 3.63) is 52.8 Å². The van der Waals surface area contributed by atoms with Crippen molar-refractivity contribution < 1.29 is 4.84 Å². The molecule has 1 aromatic heterocycles. The third-order valence-corrected chi connectivity index (χ3v) is 3.51. The maximum atomic E-state index is 5.60. The van der Waals surface area contributed by atoms with Crippen molar-refractivity contribution in [3.63, 3.8) is 0 Å². The van der Waals surface area contributed by atoms with Crippen LogP contribution in [0.4, 0.5) is 0 Å². The Morgan fingerprint density at radius 2 is 1.95 bits per heavy atom. The predicted molar refractivity (Wildman–Crippen MR) is 80.2 cm³/mol. The number of hydroxylamine groups is 1. The van der Waals surface area contributed by atoms with Crippen LogP contribution >= 0.6 is 0 Å². The normalized spacial score (nSPS) is 12.6. The van der Waals surface area contributed by atoms with E-state index in [1.165, 1.54) is 11.3 Å². The van der Waals surface area contributed by atoms with Crippen molar-refractivity contribution in [1.82, 2.24) is 15.3 Å². The van der Waals surface area contributed by atoms with Gasteiger partial charge in [0.05, 0.1) is 18.3 Å². The summed E-state index contributed by atoms with van der Waals surface area (Å²) in [5, 5.41) is 4.54. The minimum atomic E-state index is 0.124. The first-order valence-electron chi connectivity index (χ1n) is 7.08. The highest BCUT2D eigenvalue weighted by Crippen LogP contribution is 2.21. The van der Waals surface area contributed by atoms with Crippen molar-refractivity contribution in [1.29, 1.82) is 0 Å². The first kappa shape index (κ1) is 14.8.